The topological polar surface area (TPSA) is 33.1 Å². The average molecular weight is 155 g/mol. The summed E-state index contributed by atoms with van der Waals surface area (Å²) >= 11 is 0. The van der Waals surface area contributed by atoms with E-state index in [1.807, 2.05) is 0 Å². The molecule has 0 saturated heterocycles. The van der Waals surface area contributed by atoms with Crippen LogP contribution in [-0.2, 0) is 0 Å². The fourth-order valence-electron chi connectivity index (χ4n) is 0.868. The minimum absolute atomic E-state index is 0.255. The molecule has 0 amide bonds. The molecule has 0 aliphatic carbocycles. The van der Waals surface area contributed by atoms with Crippen molar-refractivity contribution in [3.05, 3.63) is 29.3 Å². The molecule has 0 radical (unpaired) electrons. The van der Waals surface area contributed by atoms with Gasteiger partial charge in [-0.15, -0.1) is 0 Å². The van der Waals surface area contributed by atoms with Gasteiger partial charge in [0.15, 0.2) is 0 Å². The molecule has 1 atom stereocenters. The zero-order valence-corrected chi connectivity index (χ0v) is 6.50. The Labute approximate surface area is 64.7 Å². The quantitative estimate of drug-likeness (QED) is 0.624. The standard InChI is InChI=1S/C8H10FNO/c1-5-3-7(6(2)11)8(9)10-4-5/h3-4,6,11H,1-2H3/t6-/m0/s1. The molecule has 1 aromatic heterocycles. The summed E-state index contributed by atoms with van der Waals surface area (Å²) in [7, 11) is 0. The molecular formula is C8H10FNO. The molecule has 0 aliphatic heterocycles. The van der Waals surface area contributed by atoms with Gasteiger partial charge in [-0.25, -0.2) is 4.98 Å². The Kier molecular flexibility index (Phi) is 2.19. The molecule has 3 heteroatoms. The number of aryl methyl sites for hydroxylation is 1. The first kappa shape index (κ1) is 8.14. The number of halogens is 1. The maximum absolute atomic E-state index is 12.7. The van der Waals surface area contributed by atoms with Gasteiger partial charge in [-0.1, -0.05) is 0 Å². The molecule has 0 fully saturated rings. The lowest BCUT2D eigenvalue weighted by molar-refractivity contribution is 0.192. The van der Waals surface area contributed by atoms with Crippen molar-refractivity contribution in [1.82, 2.24) is 4.98 Å². The van der Waals surface area contributed by atoms with E-state index in [-0.39, 0.29) is 5.56 Å². The van der Waals surface area contributed by atoms with Crippen LogP contribution in [0.5, 0.6) is 0 Å². The summed E-state index contributed by atoms with van der Waals surface area (Å²) in [5, 5.41) is 9.05. The van der Waals surface area contributed by atoms with Crippen molar-refractivity contribution in [2.24, 2.45) is 0 Å². The Hall–Kier alpha value is -0.960. The molecule has 1 rings (SSSR count). The lowest BCUT2D eigenvalue weighted by atomic mass is 10.1. The number of hydrogen-bond donors (Lipinski definition) is 1. The molecule has 11 heavy (non-hydrogen) atoms. The van der Waals surface area contributed by atoms with E-state index in [2.05, 4.69) is 4.98 Å². The van der Waals surface area contributed by atoms with Crippen LogP contribution in [0.15, 0.2) is 12.3 Å². The number of rotatable bonds is 1. The van der Waals surface area contributed by atoms with E-state index in [0.717, 1.165) is 5.56 Å². The van der Waals surface area contributed by atoms with Crippen LogP contribution in [0.2, 0.25) is 0 Å². The third-order valence-corrected chi connectivity index (χ3v) is 1.45. The SMILES string of the molecule is Cc1cnc(F)c([C@H](C)O)c1. The zero-order valence-electron chi connectivity index (χ0n) is 6.50. The number of aromatic nitrogens is 1. The molecule has 0 bridgehead atoms. The molecule has 1 aromatic rings. The largest absolute Gasteiger partial charge is 0.389 e. The summed E-state index contributed by atoms with van der Waals surface area (Å²) in [5.74, 6) is -0.592. The van der Waals surface area contributed by atoms with E-state index in [9.17, 15) is 4.39 Å². The van der Waals surface area contributed by atoms with E-state index in [4.69, 9.17) is 5.11 Å². The number of pyridine rings is 1. The molecule has 0 spiro atoms. The highest BCUT2D eigenvalue weighted by Crippen LogP contribution is 2.15. The molecule has 0 saturated carbocycles. The summed E-state index contributed by atoms with van der Waals surface area (Å²) in [5.41, 5.74) is 1.10. The van der Waals surface area contributed by atoms with E-state index in [0.29, 0.717) is 0 Å². The summed E-state index contributed by atoms with van der Waals surface area (Å²) in [6.45, 7) is 3.32. The van der Waals surface area contributed by atoms with Crippen LogP contribution in [0, 0.1) is 12.9 Å². The monoisotopic (exact) mass is 155 g/mol. The zero-order chi connectivity index (χ0) is 8.43. The van der Waals surface area contributed by atoms with Crippen LogP contribution >= 0.6 is 0 Å². The van der Waals surface area contributed by atoms with Crippen molar-refractivity contribution >= 4 is 0 Å². The third kappa shape index (κ3) is 1.74. The minimum atomic E-state index is -0.789. The van der Waals surface area contributed by atoms with Crippen LogP contribution in [0.3, 0.4) is 0 Å². The first-order valence-corrected chi connectivity index (χ1v) is 3.41. The molecule has 0 aliphatic rings. The van der Waals surface area contributed by atoms with Crippen LogP contribution in [0.1, 0.15) is 24.2 Å². The van der Waals surface area contributed by atoms with Gasteiger partial charge in [-0.05, 0) is 25.5 Å². The second kappa shape index (κ2) is 2.96. The van der Waals surface area contributed by atoms with Crippen LogP contribution in [0.4, 0.5) is 4.39 Å². The maximum Gasteiger partial charge on any atom is 0.218 e. The van der Waals surface area contributed by atoms with Crippen molar-refractivity contribution in [2.75, 3.05) is 0 Å². The Bertz CT molecular complexity index is 260. The lowest BCUT2D eigenvalue weighted by Crippen LogP contribution is -1.98. The highest BCUT2D eigenvalue weighted by molar-refractivity contribution is 5.19. The Balaban J connectivity index is 3.13. The van der Waals surface area contributed by atoms with Gasteiger partial charge in [0.1, 0.15) is 0 Å². The summed E-state index contributed by atoms with van der Waals surface area (Å²) in [6, 6.07) is 1.59. The highest BCUT2D eigenvalue weighted by atomic mass is 19.1. The second-order valence-corrected chi connectivity index (χ2v) is 2.57. The molecular weight excluding hydrogens is 145 g/mol. The van der Waals surface area contributed by atoms with Gasteiger partial charge in [0, 0.05) is 11.8 Å². The Morgan fingerprint density at radius 1 is 1.64 bits per heavy atom. The maximum atomic E-state index is 12.7. The van der Waals surface area contributed by atoms with Gasteiger partial charge < -0.3 is 5.11 Å². The number of hydrogen-bond acceptors (Lipinski definition) is 2. The first-order chi connectivity index (χ1) is 5.11. The molecule has 2 nitrogen and oxygen atoms in total. The van der Waals surface area contributed by atoms with E-state index in [1.165, 1.54) is 13.1 Å². The van der Waals surface area contributed by atoms with E-state index < -0.39 is 12.1 Å². The van der Waals surface area contributed by atoms with E-state index in [1.54, 1.807) is 13.0 Å². The van der Waals surface area contributed by atoms with Crippen molar-refractivity contribution in [3.8, 4) is 0 Å². The number of nitrogens with zero attached hydrogens (tertiary/aromatic N) is 1. The molecule has 60 valence electrons. The van der Waals surface area contributed by atoms with Crippen LogP contribution in [-0.4, -0.2) is 10.1 Å². The van der Waals surface area contributed by atoms with E-state index >= 15 is 0 Å². The van der Waals surface area contributed by atoms with Gasteiger partial charge in [0.2, 0.25) is 5.95 Å². The fraction of sp³-hybridized carbons (Fsp3) is 0.375. The average Bonchev–Trinajstić information content (AvgIpc) is 1.94. The van der Waals surface area contributed by atoms with Gasteiger partial charge in [0.05, 0.1) is 6.10 Å². The van der Waals surface area contributed by atoms with Crippen molar-refractivity contribution in [3.63, 3.8) is 0 Å². The van der Waals surface area contributed by atoms with Gasteiger partial charge in [-0.3, -0.25) is 0 Å². The second-order valence-electron chi connectivity index (χ2n) is 2.57. The van der Waals surface area contributed by atoms with Crippen LogP contribution < -0.4 is 0 Å². The van der Waals surface area contributed by atoms with Crippen LogP contribution in [0.25, 0.3) is 0 Å². The smallest absolute Gasteiger partial charge is 0.218 e. The predicted octanol–water partition coefficient (Wildman–Crippen LogP) is 1.58. The predicted molar refractivity (Wildman–Crippen MR) is 39.6 cm³/mol. The summed E-state index contributed by atoms with van der Waals surface area (Å²) in [4.78, 5) is 3.47. The van der Waals surface area contributed by atoms with Gasteiger partial charge >= 0.3 is 0 Å². The summed E-state index contributed by atoms with van der Waals surface area (Å²) in [6.07, 6.45) is 0.642. The first-order valence-electron chi connectivity index (χ1n) is 3.41. The Morgan fingerprint density at radius 2 is 2.27 bits per heavy atom. The molecule has 1 heterocycles. The molecule has 0 unspecified atom stereocenters. The van der Waals surface area contributed by atoms with Crippen molar-refractivity contribution in [2.45, 2.75) is 20.0 Å². The highest BCUT2D eigenvalue weighted by Gasteiger charge is 2.08. The normalized spacial score (nSPS) is 13.1. The Morgan fingerprint density at radius 3 is 2.73 bits per heavy atom. The number of aliphatic hydroxyl groups excluding tert-OH is 1. The molecule has 1 N–H and O–H groups in total. The van der Waals surface area contributed by atoms with Crippen molar-refractivity contribution in [1.29, 1.82) is 0 Å². The fourth-order valence-corrected chi connectivity index (χ4v) is 0.868. The third-order valence-electron chi connectivity index (χ3n) is 1.45. The lowest BCUT2D eigenvalue weighted by Gasteiger charge is -2.05. The van der Waals surface area contributed by atoms with Crippen molar-refractivity contribution < 1.29 is 9.50 Å². The van der Waals surface area contributed by atoms with Gasteiger partial charge in [0.25, 0.3) is 0 Å². The van der Waals surface area contributed by atoms with Gasteiger partial charge in [-0.2, -0.15) is 4.39 Å². The molecule has 0 aromatic carbocycles. The minimum Gasteiger partial charge on any atom is -0.389 e. The number of aliphatic hydroxyl groups is 1. The summed E-state index contributed by atoms with van der Waals surface area (Å²) < 4.78 is 12.7.